The Morgan fingerprint density at radius 3 is 2.37 bits per heavy atom. The van der Waals surface area contributed by atoms with Crippen LogP contribution in [0.1, 0.15) is 127 Å². The second-order valence-corrected chi connectivity index (χ2v) is 13.0. The summed E-state index contributed by atoms with van der Waals surface area (Å²) in [7, 11) is 0. The van der Waals surface area contributed by atoms with Gasteiger partial charge in [0.05, 0.1) is 11.0 Å². The number of carbonyl (C=O) groups excluding carboxylic acids is 2. The maximum atomic E-state index is 13.2. The fourth-order valence-corrected chi connectivity index (χ4v) is 8.33. The fraction of sp³-hybridized carbons (Fsp3) is 0.714. The molecule has 1 saturated carbocycles. The molecule has 2 aliphatic carbocycles. The molecule has 0 amide bonds. The Labute approximate surface area is 246 Å². The van der Waals surface area contributed by atoms with Crippen LogP contribution in [0.5, 0.6) is 11.5 Å². The third-order valence-corrected chi connectivity index (χ3v) is 10.4. The molecule has 2 aliphatic heterocycles. The first kappa shape index (κ1) is 30.3. The molecular weight excluding hydrogens is 514 g/mol. The van der Waals surface area contributed by atoms with Crippen molar-refractivity contribution in [2.75, 3.05) is 13.1 Å². The van der Waals surface area contributed by atoms with Crippen LogP contribution < -0.4 is 9.47 Å². The molecule has 1 spiro atoms. The molecule has 1 aromatic rings. The second kappa shape index (κ2) is 13.4. The van der Waals surface area contributed by atoms with Crippen molar-refractivity contribution in [2.24, 2.45) is 0 Å². The maximum absolute atomic E-state index is 13.2. The molecule has 1 aromatic carbocycles. The normalized spacial score (nSPS) is 27.8. The average Bonchev–Trinajstić information content (AvgIpc) is 3.32. The zero-order chi connectivity index (χ0) is 28.9. The van der Waals surface area contributed by atoms with Gasteiger partial charge in [0.15, 0.2) is 23.4 Å². The highest BCUT2D eigenvalue weighted by atomic mass is 16.6. The minimum Gasteiger partial charge on any atom is -0.477 e. The van der Waals surface area contributed by atoms with Crippen molar-refractivity contribution >= 4 is 11.8 Å². The summed E-state index contributed by atoms with van der Waals surface area (Å²) in [5, 5.41) is 12.3. The number of rotatable bonds is 17. The summed E-state index contributed by atoms with van der Waals surface area (Å²) in [4.78, 5) is 28.3. The van der Waals surface area contributed by atoms with Crippen molar-refractivity contribution in [3.8, 4) is 11.5 Å². The molecule has 0 aromatic heterocycles. The topological polar surface area (TPSA) is 76.1 Å². The summed E-state index contributed by atoms with van der Waals surface area (Å²) in [5.74, 6) is 0.695. The number of unbranched alkanes of at least 4 members (excludes halogenated alkanes) is 12. The summed E-state index contributed by atoms with van der Waals surface area (Å²) in [5.41, 5.74) is 0.184. The van der Waals surface area contributed by atoms with Crippen molar-refractivity contribution in [2.45, 2.75) is 146 Å². The van der Waals surface area contributed by atoms with Gasteiger partial charge >= 0.3 is 5.97 Å². The van der Waals surface area contributed by atoms with Gasteiger partial charge in [-0.1, -0.05) is 96.1 Å². The first-order valence-corrected chi connectivity index (χ1v) is 16.6. The van der Waals surface area contributed by atoms with Crippen LogP contribution in [-0.4, -0.2) is 52.6 Å². The molecule has 2 heterocycles. The smallest absolute Gasteiger partial charge is 0.311 e. The number of Topliss-reactive ketones (excluding diaryl/α,β-unsaturated/α-hetero) is 1. The number of carbonyl (C=O) groups is 2. The Hall–Kier alpha value is -2.18. The van der Waals surface area contributed by atoms with Crippen LogP contribution in [0.3, 0.4) is 0 Å². The summed E-state index contributed by atoms with van der Waals surface area (Å²) in [6.45, 7) is 7.66. The SMILES string of the molecule is C=CCN1CC[C@@]23c4c5ccc(OC(=O)CCCCCCCCCCCCCCC)c4O[C@@H]2C(=O)CC[C@@]3(O)[C@@H]1C5. The van der Waals surface area contributed by atoms with Gasteiger partial charge in [-0.15, -0.1) is 6.58 Å². The molecule has 2 bridgehead atoms. The van der Waals surface area contributed by atoms with Gasteiger partial charge in [0, 0.05) is 37.5 Å². The number of piperidine rings is 1. The molecule has 6 heteroatoms. The Morgan fingerprint density at radius 1 is 1.05 bits per heavy atom. The van der Waals surface area contributed by atoms with Crippen LogP contribution in [0.4, 0.5) is 0 Å². The van der Waals surface area contributed by atoms with Gasteiger partial charge in [0.1, 0.15) is 0 Å². The largest absolute Gasteiger partial charge is 0.477 e. The van der Waals surface area contributed by atoms with Crippen LogP contribution in [0, 0.1) is 0 Å². The Morgan fingerprint density at radius 2 is 1.71 bits per heavy atom. The van der Waals surface area contributed by atoms with Crippen LogP contribution in [0.15, 0.2) is 24.8 Å². The minimum atomic E-state index is -1.05. The standard InChI is InChI=1S/C35H51NO5/c1-3-5-6-7-8-9-10-11-12-13-14-15-16-17-30(38)40-28-19-18-26-25-29-35(39)21-20-27(37)33-34(35,31(26)32(28)41-33)22-24-36(29)23-4-2/h4,18-19,29,33,39H,2-3,5-17,20-25H2,1H3/t29-,33+,34+,35+/m0/s1. The predicted octanol–water partition coefficient (Wildman–Crippen LogP) is 6.98. The van der Waals surface area contributed by atoms with Gasteiger partial charge in [-0.05, 0) is 37.3 Å². The highest BCUT2D eigenvalue weighted by molar-refractivity contribution is 5.90. The molecule has 4 atom stereocenters. The van der Waals surface area contributed by atoms with Crippen molar-refractivity contribution in [1.82, 2.24) is 4.90 Å². The van der Waals surface area contributed by atoms with E-state index < -0.39 is 17.1 Å². The first-order valence-electron chi connectivity index (χ1n) is 16.6. The van der Waals surface area contributed by atoms with E-state index in [9.17, 15) is 14.7 Å². The molecule has 41 heavy (non-hydrogen) atoms. The van der Waals surface area contributed by atoms with Crippen LogP contribution >= 0.6 is 0 Å². The highest BCUT2D eigenvalue weighted by Crippen LogP contribution is 2.64. The van der Waals surface area contributed by atoms with Crippen molar-refractivity contribution in [3.05, 3.63) is 35.9 Å². The number of ether oxygens (including phenoxy) is 2. The first-order chi connectivity index (χ1) is 20.0. The maximum Gasteiger partial charge on any atom is 0.311 e. The lowest BCUT2D eigenvalue weighted by atomic mass is 9.49. The summed E-state index contributed by atoms with van der Waals surface area (Å²) < 4.78 is 12.2. The third kappa shape index (κ3) is 5.76. The van der Waals surface area contributed by atoms with Crippen LogP contribution in [0.2, 0.25) is 0 Å². The number of benzene rings is 1. The number of hydrogen-bond donors (Lipinski definition) is 1. The molecular formula is C35H51NO5. The molecule has 1 N–H and O–H groups in total. The van der Waals surface area contributed by atoms with Crippen molar-refractivity contribution < 1.29 is 24.2 Å². The van der Waals surface area contributed by atoms with E-state index in [2.05, 4.69) is 18.4 Å². The van der Waals surface area contributed by atoms with Gasteiger partial charge < -0.3 is 14.6 Å². The van der Waals surface area contributed by atoms with E-state index in [0.717, 1.165) is 36.9 Å². The summed E-state index contributed by atoms with van der Waals surface area (Å²) >= 11 is 0. The molecule has 226 valence electrons. The van der Waals surface area contributed by atoms with Crippen LogP contribution in [-0.2, 0) is 21.4 Å². The summed E-state index contributed by atoms with van der Waals surface area (Å²) in [6.07, 6.45) is 20.0. The minimum absolute atomic E-state index is 0.0406. The number of nitrogens with zero attached hydrogens (tertiary/aromatic N) is 1. The molecule has 1 saturated heterocycles. The van der Waals surface area contributed by atoms with E-state index in [1.807, 2.05) is 18.2 Å². The monoisotopic (exact) mass is 565 g/mol. The van der Waals surface area contributed by atoms with E-state index >= 15 is 0 Å². The van der Waals surface area contributed by atoms with Gasteiger partial charge in [-0.2, -0.15) is 0 Å². The van der Waals surface area contributed by atoms with Crippen LogP contribution in [0.25, 0.3) is 0 Å². The summed E-state index contributed by atoms with van der Waals surface area (Å²) in [6, 6.07) is 3.76. The number of ketones is 1. The Bertz CT molecular complexity index is 1100. The van der Waals surface area contributed by atoms with E-state index in [1.54, 1.807) is 0 Å². The second-order valence-electron chi connectivity index (χ2n) is 13.0. The van der Waals surface area contributed by atoms with Gasteiger partial charge in [-0.3, -0.25) is 14.5 Å². The van der Waals surface area contributed by atoms with E-state index in [0.29, 0.717) is 50.1 Å². The molecule has 0 unspecified atom stereocenters. The van der Waals surface area contributed by atoms with Gasteiger partial charge in [0.2, 0.25) is 0 Å². The van der Waals surface area contributed by atoms with Crippen molar-refractivity contribution in [3.63, 3.8) is 0 Å². The van der Waals surface area contributed by atoms with E-state index in [4.69, 9.17) is 9.47 Å². The third-order valence-electron chi connectivity index (χ3n) is 10.4. The predicted molar refractivity (Wildman–Crippen MR) is 162 cm³/mol. The van der Waals surface area contributed by atoms with E-state index in [-0.39, 0.29) is 17.8 Å². The van der Waals surface area contributed by atoms with Gasteiger partial charge in [0.25, 0.3) is 0 Å². The zero-order valence-corrected chi connectivity index (χ0v) is 25.3. The molecule has 2 fully saturated rings. The van der Waals surface area contributed by atoms with Crippen molar-refractivity contribution in [1.29, 1.82) is 0 Å². The molecule has 0 radical (unpaired) electrons. The van der Waals surface area contributed by atoms with Gasteiger partial charge in [-0.25, -0.2) is 0 Å². The number of hydrogen-bond acceptors (Lipinski definition) is 6. The highest BCUT2D eigenvalue weighted by Gasteiger charge is 2.73. The lowest BCUT2D eigenvalue weighted by molar-refractivity contribution is -0.187. The Balaban J connectivity index is 1.13. The fourth-order valence-electron chi connectivity index (χ4n) is 8.33. The number of likely N-dealkylation sites (tertiary alicyclic amines) is 1. The zero-order valence-electron chi connectivity index (χ0n) is 25.3. The lowest BCUT2D eigenvalue weighted by Crippen LogP contribution is -2.76. The molecule has 6 nitrogen and oxygen atoms in total. The molecule has 4 aliphatic rings. The Kier molecular flexibility index (Phi) is 9.91. The number of esters is 1. The number of aliphatic hydroxyl groups is 1. The molecule has 5 rings (SSSR count). The van der Waals surface area contributed by atoms with E-state index in [1.165, 1.54) is 64.2 Å². The average molecular weight is 566 g/mol. The quantitative estimate of drug-likeness (QED) is 0.0950. The lowest BCUT2D eigenvalue weighted by Gasteiger charge is -2.62.